The SMILES string of the molecule is O=C1CNCc2cc(/C=C/C(=O)N3CC(OCc4cccs4)C3)cnc2N1. The number of carbonyl (C=O) groups excluding carboxylic acids is 2. The molecule has 0 spiro atoms. The molecule has 8 heteroatoms. The van der Waals surface area contributed by atoms with E-state index in [1.54, 1.807) is 34.6 Å². The van der Waals surface area contributed by atoms with Crippen molar-refractivity contribution in [3.63, 3.8) is 0 Å². The van der Waals surface area contributed by atoms with Crippen LogP contribution < -0.4 is 10.6 Å². The number of anilines is 1. The Morgan fingerprint density at radius 3 is 3.11 bits per heavy atom. The number of carbonyl (C=O) groups is 2. The van der Waals surface area contributed by atoms with Crippen LogP contribution in [0.25, 0.3) is 6.08 Å². The molecule has 2 aromatic heterocycles. The van der Waals surface area contributed by atoms with Gasteiger partial charge in [-0.05, 0) is 29.2 Å². The Balaban J connectivity index is 1.28. The fraction of sp³-hybridized carbons (Fsp3) is 0.316. The maximum atomic E-state index is 12.3. The van der Waals surface area contributed by atoms with Crippen molar-refractivity contribution in [1.29, 1.82) is 0 Å². The van der Waals surface area contributed by atoms with Crippen LogP contribution in [0.15, 0.2) is 35.9 Å². The van der Waals surface area contributed by atoms with Crippen molar-refractivity contribution in [3.05, 3.63) is 51.9 Å². The number of nitrogens with zero attached hydrogens (tertiary/aromatic N) is 2. The summed E-state index contributed by atoms with van der Waals surface area (Å²) in [5.74, 6) is 0.433. The van der Waals surface area contributed by atoms with Crippen LogP contribution in [0.2, 0.25) is 0 Å². The first-order valence-corrected chi connectivity index (χ1v) is 9.66. The molecule has 2 aliphatic heterocycles. The second-order valence-electron chi connectivity index (χ2n) is 6.52. The van der Waals surface area contributed by atoms with Crippen LogP contribution in [0.5, 0.6) is 0 Å². The van der Waals surface area contributed by atoms with Gasteiger partial charge in [0.1, 0.15) is 5.82 Å². The molecule has 0 unspecified atom stereocenters. The predicted molar refractivity (Wildman–Crippen MR) is 103 cm³/mol. The zero-order chi connectivity index (χ0) is 18.6. The van der Waals surface area contributed by atoms with Gasteiger partial charge in [0.15, 0.2) is 0 Å². The van der Waals surface area contributed by atoms with E-state index >= 15 is 0 Å². The molecule has 1 saturated heterocycles. The number of thiophene rings is 1. The monoisotopic (exact) mass is 384 g/mol. The third-order valence-corrected chi connectivity index (χ3v) is 5.32. The molecule has 27 heavy (non-hydrogen) atoms. The second-order valence-corrected chi connectivity index (χ2v) is 7.55. The Morgan fingerprint density at radius 2 is 2.30 bits per heavy atom. The number of nitrogens with one attached hydrogen (secondary N) is 2. The Labute approximate surface area is 161 Å². The molecule has 2 N–H and O–H groups in total. The molecule has 0 aliphatic carbocycles. The lowest BCUT2D eigenvalue weighted by atomic mass is 10.1. The highest BCUT2D eigenvalue weighted by molar-refractivity contribution is 7.09. The summed E-state index contributed by atoms with van der Waals surface area (Å²) in [5.41, 5.74) is 1.73. The van der Waals surface area contributed by atoms with Gasteiger partial charge in [0.25, 0.3) is 0 Å². The molecule has 0 saturated carbocycles. The number of likely N-dealkylation sites (tertiary alicyclic amines) is 1. The number of ether oxygens (including phenoxy) is 1. The van der Waals surface area contributed by atoms with Gasteiger partial charge in [-0.2, -0.15) is 0 Å². The topological polar surface area (TPSA) is 83.6 Å². The minimum Gasteiger partial charge on any atom is -0.369 e. The van der Waals surface area contributed by atoms with Crippen LogP contribution in [0, 0.1) is 0 Å². The Kier molecular flexibility index (Phi) is 5.28. The summed E-state index contributed by atoms with van der Waals surface area (Å²) in [5, 5.41) is 7.83. The van der Waals surface area contributed by atoms with E-state index in [0.29, 0.717) is 32.1 Å². The molecule has 2 aliphatic rings. The molecule has 0 atom stereocenters. The molecule has 4 rings (SSSR count). The highest BCUT2D eigenvalue weighted by atomic mass is 32.1. The second kappa shape index (κ2) is 7.99. The quantitative estimate of drug-likeness (QED) is 0.766. The molecule has 0 aromatic carbocycles. The highest BCUT2D eigenvalue weighted by Gasteiger charge is 2.30. The first kappa shape index (κ1) is 17.8. The van der Waals surface area contributed by atoms with Crippen LogP contribution in [-0.4, -0.2) is 47.4 Å². The van der Waals surface area contributed by atoms with Gasteiger partial charge in [-0.1, -0.05) is 6.07 Å². The predicted octanol–water partition coefficient (Wildman–Crippen LogP) is 1.63. The number of pyridine rings is 1. The van der Waals surface area contributed by atoms with Crippen molar-refractivity contribution in [3.8, 4) is 0 Å². The number of rotatable bonds is 5. The lowest BCUT2D eigenvalue weighted by Crippen LogP contribution is -2.54. The van der Waals surface area contributed by atoms with Gasteiger partial charge in [0.05, 0.1) is 19.3 Å². The molecule has 140 valence electrons. The van der Waals surface area contributed by atoms with Gasteiger partial charge in [0.2, 0.25) is 11.8 Å². The number of amides is 2. The maximum absolute atomic E-state index is 12.3. The van der Waals surface area contributed by atoms with Crippen LogP contribution in [-0.2, 0) is 27.5 Å². The van der Waals surface area contributed by atoms with Crippen LogP contribution >= 0.6 is 11.3 Å². The lowest BCUT2D eigenvalue weighted by molar-refractivity contribution is -0.140. The van der Waals surface area contributed by atoms with Crippen LogP contribution in [0.3, 0.4) is 0 Å². The van der Waals surface area contributed by atoms with E-state index in [0.717, 1.165) is 11.1 Å². The first-order valence-electron chi connectivity index (χ1n) is 8.78. The summed E-state index contributed by atoms with van der Waals surface area (Å²) >= 11 is 1.67. The van der Waals surface area contributed by atoms with Gasteiger partial charge in [0, 0.05) is 42.3 Å². The average Bonchev–Trinajstić information content (AvgIpc) is 3.06. The minimum absolute atomic E-state index is 0.0349. The first-order chi connectivity index (χ1) is 13.2. The van der Waals surface area contributed by atoms with Gasteiger partial charge in [-0.3, -0.25) is 9.59 Å². The fourth-order valence-electron chi connectivity index (χ4n) is 2.95. The number of fused-ring (bicyclic) bond motifs is 1. The summed E-state index contributed by atoms with van der Waals surface area (Å²) in [7, 11) is 0. The summed E-state index contributed by atoms with van der Waals surface area (Å²) in [4.78, 5) is 31.0. The zero-order valence-electron chi connectivity index (χ0n) is 14.7. The van der Waals surface area contributed by atoms with Gasteiger partial charge in [-0.25, -0.2) is 4.98 Å². The van der Waals surface area contributed by atoms with Crippen molar-refractivity contribution in [2.45, 2.75) is 19.3 Å². The number of hydrogen-bond donors (Lipinski definition) is 2. The van der Waals surface area contributed by atoms with Gasteiger partial charge < -0.3 is 20.3 Å². The van der Waals surface area contributed by atoms with Crippen LogP contribution in [0.4, 0.5) is 5.82 Å². The Bertz CT molecular complexity index is 860. The summed E-state index contributed by atoms with van der Waals surface area (Å²) in [6, 6.07) is 5.98. The average molecular weight is 384 g/mol. The molecule has 7 nitrogen and oxygen atoms in total. The van der Waals surface area contributed by atoms with E-state index in [1.807, 2.05) is 23.6 Å². The smallest absolute Gasteiger partial charge is 0.246 e. The van der Waals surface area contributed by atoms with Crippen molar-refractivity contribution < 1.29 is 14.3 Å². The molecule has 2 amide bonds. The number of aromatic nitrogens is 1. The van der Waals surface area contributed by atoms with E-state index < -0.39 is 0 Å². The molecular formula is C19H20N4O3S. The van der Waals surface area contributed by atoms with E-state index in [1.165, 1.54) is 4.88 Å². The fourth-order valence-corrected chi connectivity index (χ4v) is 3.57. The van der Waals surface area contributed by atoms with Crippen molar-refractivity contribution in [1.82, 2.24) is 15.2 Å². The molecule has 4 heterocycles. The van der Waals surface area contributed by atoms with Crippen molar-refractivity contribution >= 4 is 35.0 Å². The standard InChI is InChI=1S/C19H20N4O3S/c24-17-9-20-8-14-6-13(7-21-19(14)22-17)3-4-18(25)23-10-15(11-23)26-12-16-2-1-5-27-16/h1-7,15,20H,8-12H2,(H,21,22,24)/b4-3+. The highest BCUT2D eigenvalue weighted by Crippen LogP contribution is 2.19. The summed E-state index contributed by atoms with van der Waals surface area (Å²) in [6.45, 7) is 2.67. The Hall–Kier alpha value is -2.55. The van der Waals surface area contributed by atoms with E-state index in [9.17, 15) is 9.59 Å². The maximum Gasteiger partial charge on any atom is 0.246 e. The molecule has 0 radical (unpaired) electrons. The van der Waals surface area contributed by atoms with Crippen molar-refractivity contribution in [2.24, 2.45) is 0 Å². The van der Waals surface area contributed by atoms with E-state index in [-0.39, 0.29) is 24.5 Å². The lowest BCUT2D eigenvalue weighted by Gasteiger charge is -2.38. The largest absolute Gasteiger partial charge is 0.369 e. The van der Waals surface area contributed by atoms with Crippen LogP contribution in [0.1, 0.15) is 16.0 Å². The summed E-state index contributed by atoms with van der Waals surface area (Å²) < 4.78 is 5.79. The molecule has 2 aromatic rings. The zero-order valence-corrected chi connectivity index (χ0v) is 15.5. The minimum atomic E-state index is -0.103. The molecule has 0 bridgehead atoms. The van der Waals surface area contributed by atoms with Gasteiger partial charge in [-0.15, -0.1) is 11.3 Å². The molecule has 1 fully saturated rings. The normalized spacial score (nSPS) is 17.3. The van der Waals surface area contributed by atoms with Crippen molar-refractivity contribution in [2.75, 3.05) is 25.0 Å². The number of hydrogen-bond acceptors (Lipinski definition) is 6. The van der Waals surface area contributed by atoms with E-state index in [4.69, 9.17) is 4.74 Å². The Morgan fingerprint density at radius 1 is 1.41 bits per heavy atom. The third-order valence-electron chi connectivity index (χ3n) is 4.47. The summed E-state index contributed by atoms with van der Waals surface area (Å²) in [6.07, 6.45) is 5.06. The van der Waals surface area contributed by atoms with E-state index in [2.05, 4.69) is 15.6 Å². The third kappa shape index (κ3) is 4.41. The molecular weight excluding hydrogens is 364 g/mol. The van der Waals surface area contributed by atoms with Gasteiger partial charge >= 0.3 is 0 Å².